The monoisotopic (exact) mass is 521 g/mol. The van der Waals surface area contributed by atoms with Crippen LogP contribution >= 0.6 is 0 Å². The van der Waals surface area contributed by atoms with Crippen molar-refractivity contribution in [1.29, 1.82) is 0 Å². The lowest BCUT2D eigenvalue weighted by molar-refractivity contribution is -0.0146. The van der Waals surface area contributed by atoms with Crippen LogP contribution in [0.2, 0.25) is 0 Å². The van der Waals surface area contributed by atoms with Crippen LogP contribution in [-0.4, -0.2) is 30.9 Å². The highest BCUT2D eigenvalue weighted by Gasteiger charge is 2.27. The number of aromatic carboxylic acids is 1. The summed E-state index contributed by atoms with van der Waals surface area (Å²) in [6, 6.07) is 18.1. The first-order valence-corrected chi connectivity index (χ1v) is 12.4. The van der Waals surface area contributed by atoms with Gasteiger partial charge in [0.25, 0.3) is 10.0 Å². The van der Waals surface area contributed by atoms with E-state index in [1.165, 1.54) is 36.6 Å². The molecule has 1 aromatic heterocycles. The second kappa shape index (κ2) is 9.36. The summed E-state index contributed by atoms with van der Waals surface area (Å²) < 4.78 is 44.7. The minimum atomic E-state index is -4.08. The Morgan fingerprint density at radius 2 is 1.73 bits per heavy atom. The molecule has 0 amide bonds. The molecule has 3 N–H and O–H groups in total. The molecule has 1 aliphatic heterocycles. The van der Waals surface area contributed by atoms with Crippen molar-refractivity contribution in [3.05, 3.63) is 106 Å². The number of carbonyl (C=O) groups is 1. The quantitative estimate of drug-likeness (QED) is 0.329. The number of fused-ring (bicyclic) bond motifs is 1. The number of rotatable bonds is 7. The van der Waals surface area contributed by atoms with Gasteiger partial charge >= 0.3 is 5.97 Å². The Hall–Kier alpha value is -4.77. The summed E-state index contributed by atoms with van der Waals surface area (Å²) >= 11 is 0. The second-order valence-electron chi connectivity index (χ2n) is 8.11. The highest BCUT2D eigenvalue weighted by atomic mass is 32.2. The van der Waals surface area contributed by atoms with Gasteiger partial charge in [0.2, 0.25) is 29.0 Å². The van der Waals surface area contributed by atoms with Gasteiger partial charge in [-0.1, -0.05) is 30.3 Å². The van der Waals surface area contributed by atoms with Crippen LogP contribution < -0.4 is 10.2 Å². The molecule has 0 fully saturated rings. The number of ether oxygens (including phenoxy) is 2. The van der Waals surface area contributed by atoms with Crippen LogP contribution in [0.4, 0.5) is 5.69 Å². The summed E-state index contributed by atoms with van der Waals surface area (Å²) in [6.07, 6.45) is 1.02. The molecule has 3 aromatic carbocycles. The summed E-state index contributed by atoms with van der Waals surface area (Å²) in [4.78, 5) is 23.7. The summed E-state index contributed by atoms with van der Waals surface area (Å²) in [6.45, 7) is 0. The Morgan fingerprint density at radius 1 is 1.00 bits per heavy atom. The molecule has 0 saturated heterocycles. The van der Waals surface area contributed by atoms with Crippen LogP contribution in [0.25, 0.3) is 16.7 Å². The fourth-order valence-electron chi connectivity index (χ4n) is 3.74. The van der Waals surface area contributed by atoms with Gasteiger partial charge in [-0.15, -0.1) is 0 Å². The van der Waals surface area contributed by atoms with E-state index in [0.717, 1.165) is 17.7 Å². The lowest BCUT2D eigenvalue weighted by Crippen LogP contribution is -2.14. The van der Waals surface area contributed by atoms with Crippen molar-refractivity contribution in [2.24, 2.45) is 0 Å². The van der Waals surface area contributed by atoms with Gasteiger partial charge in [-0.05, 0) is 48.0 Å². The number of sulfonamides is 1. The number of benzene rings is 3. The molecular weight excluding hydrogens is 502 g/mol. The molecule has 11 heteroatoms. The van der Waals surface area contributed by atoms with Crippen molar-refractivity contribution in [2.75, 3.05) is 4.72 Å². The highest BCUT2D eigenvalue weighted by molar-refractivity contribution is 7.92. The van der Waals surface area contributed by atoms with E-state index in [1.807, 2.05) is 30.3 Å². The first-order chi connectivity index (χ1) is 17.7. The molecule has 0 spiro atoms. The van der Waals surface area contributed by atoms with Crippen molar-refractivity contribution >= 4 is 38.4 Å². The maximum absolute atomic E-state index is 12.9. The van der Waals surface area contributed by atoms with Crippen LogP contribution in [0, 0.1) is 0 Å². The normalized spacial score (nSPS) is 15.0. The smallest absolute Gasteiger partial charge is 0.335 e. The Morgan fingerprint density at radius 3 is 2.43 bits per heavy atom. The lowest BCUT2D eigenvalue weighted by Gasteiger charge is -2.12. The fourth-order valence-corrected chi connectivity index (χ4v) is 4.79. The van der Waals surface area contributed by atoms with Gasteiger partial charge in [0.05, 0.1) is 15.8 Å². The van der Waals surface area contributed by atoms with Gasteiger partial charge < -0.3 is 24.1 Å². The molecule has 0 bridgehead atoms. The lowest BCUT2D eigenvalue weighted by atomic mass is 10.1. The van der Waals surface area contributed by atoms with Crippen molar-refractivity contribution in [3.63, 3.8) is 0 Å². The Bertz CT molecular complexity index is 1690. The minimum absolute atomic E-state index is 0.0388. The minimum Gasteiger partial charge on any atom is -0.501 e. The average molecular weight is 522 g/mol. The van der Waals surface area contributed by atoms with E-state index in [-0.39, 0.29) is 38.6 Å². The van der Waals surface area contributed by atoms with Crippen LogP contribution in [0.5, 0.6) is 5.75 Å². The molecule has 10 nitrogen and oxygen atoms in total. The summed E-state index contributed by atoms with van der Waals surface area (Å²) in [5.41, 5.74) is 0.240. The molecule has 37 heavy (non-hydrogen) atoms. The summed E-state index contributed by atoms with van der Waals surface area (Å²) in [7, 11) is -4.08. The third kappa shape index (κ3) is 4.84. The molecule has 0 radical (unpaired) electrons. The van der Waals surface area contributed by atoms with E-state index in [9.17, 15) is 23.1 Å². The van der Waals surface area contributed by atoms with Crippen LogP contribution in [0.3, 0.4) is 0 Å². The number of aromatic hydroxyl groups is 1. The third-order valence-corrected chi connectivity index (χ3v) is 6.98. The summed E-state index contributed by atoms with van der Waals surface area (Å²) in [5, 5.41) is 19.5. The number of carboxylic acids is 1. The summed E-state index contributed by atoms with van der Waals surface area (Å²) in [5.74, 6) is -2.06. The first-order valence-electron chi connectivity index (χ1n) is 10.9. The Labute approximate surface area is 210 Å². The van der Waals surface area contributed by atoms with E-state index < -0.39 is 33.5 Å². The molecule has 1 aliphatic rings. The second-order valence-corrected chi connectivity index (χ2v) is 9.79. The topological polar surface area (TPSA) is 152 Å². The molecule has 2 heterocycles. The van der Waals surface area contributed by atoms with Gasteiger partial charge in [0, 0.05) is 12.1 Å². The Balaban J connectivity index is 1.38. The molecular formula is C26H19NO9S. The van der Waals surface area contributed by atoms with Gasteiger partial charge in [-0.2, -0.15) is 0 Å². The number of hydrogen-bond donors (Lipinski definition) is 3. The van der Waals surface area contributed by atoms with Crippen molar-refractivity contribution in [3.8, 4) is 5.75 Å². The van der Waals surface area contributed by atoms with Crippen molar-refractivity contribution < 1.29 is 37.3 Å². The predicted octanol–water partition coefficient (Wildman–Crippen LogP) is 3.91. The number of anilines is 1. The first kappa shape index (κ1) is 23.9. The van der Waals surface area contributed by atoms with Crippen molar-refractivity contribution in [1.82, 2.24) is 0 Å². The van der Waals surface area contributed by atoms with E-state index in [0.29, 0.717) is 6.42 Å². The molecule has 1 atom stereocenters. The molecule has 0 aliphatic carbocycles. The molecule has 1 unspecified atom stereocenters. The van der Waals surface area contributed by atoms with Crippen LogP contribution in [-0.2, 0) is 25.9 Å². The predicted molar refractivity (Wildman–Crippen MR) is 132 cm³/mol. The molecule has 188 valence electrons. The third-order valence-electron chi connectivity index (χ3n) is 5.58. The maximum Gasteiger partial charge on any atom is 0.335 e. The largest absolute Gasteiger partial charge is 0.501 e. The van der Waals surface area contributed by atoms with Crippen LogP contribution in [0.1, 0.15) is 21.7 Å². The number of hydrogen-bond acceptors (Lipinski definition) is 8. The average Bonchev–Trinajstić information content (AvgIpc) is 3.35. The molecule has 5 rings (SSSR count). The van der Waals surface area contributed by atoms with Crippen LogP contribution in [0.15, 0.2) is 93.2 Å². The number of nitrogens with one attached hydrogen (secondary N) is 1. The fraction of sp³-hybridized carbons (Fsp3) is 0.0769. The van der Waals surface area contributed by atoms with Crippen molar-refractivity contribution in [2.45, 2.75) is 17.6 Å². The highest BCUT2D eigenvalue weighted by Crippen LogP contribution is 2.33. The van der Waals surface area contributed by atoms with Gasteiger partial charge in [-0.3, -0.25) is 9.52 Å². The van der Waals surface area contributed by atoms with Gasteiger partial charge in [-0.25, -0.2) is 13.2 Å². The van der Waals surface area contributed by atoms with Gasteiger partial charge in [0.1, 0.15) is 11.8 Å². The van der Waals surface area contributed by atoms with E-state index in [1.54, 1.807) is 0 Å². The molecule has 0 saturated carbocycles. The maximum atomic E-state index is 12.9. The van der Waals surface area contributed by atoms with E-state index >= 15 is 0 Å². The van der Waals surface area contributed by atoms with E-state index in [4.69, 9.17) is 19.0 Å². The zero-order valence-corrected chi connectivity index (χ0v) is 19.8. The zero-order valence-electron chi connectivity index (χ0n) is 19.0. The van der Waals surface area contributed by atoms with E-state index in [2.05, 4.69) is 4.72 Å². The Kier molecular flexibility index (Phi) is 6.06. The number of carboxylic acid groups (broad SMARTS) is 1. The zero-order chi connectivity index (χ0) is 26.2. The SMILES string of the molecule is O=C(O)c1ccc(S(=O)(=O)Nc2ccc3oc(C4=COC(Cc5ccccc5)O4)c(O)c(=O)c3c2)cc1. The van der Waals surface area contributed by atoms with Gasteiger partial charge in [0.15, 0.2) is 0 Å². The standard InChI is InChI=1S/C26H19NO9S/c28-23-19-13-17(27-37(32,33)18-9-6-16(7-10-18)26(30)31)8-11-20(19)36-25(24(23)29)21-14-34-22(35-21)12-15-4-2-1-3-5-15/h1-11,13-14,22,27,29H,12H2,(H,30,31). The molecule has 4 aromatic rings.